The highest BCUT2D eigenvalue weighted by molar-refractivity contribution is 7.22. The van der Waals surface area contributed by atoms with Crippen molar-refractivity contribution < 1.29 is 0 Å². The summed E-state index contributed by atoms with van der Waals surface area (Å²) in [5.74, 6) is 0.655. The van der Waals surface area contributed by atoms with Gasteiger partial charge >= 0.3 is 0 Å². The number of fused-ring (bicyclic) bond motifs is 12. The molecule has 0 unspecified atom stereocenters. The zero-order chi connectivity index (χ0) is 42.6. The minimum atomic E-state index is 0.655. The minimum absolute atomic E-state index is 0.655. The monoisotopic (exact) mass is 844 g/mol. The van der Waals surface area contributed by atoms with Crippen LogP contribution in [0.5, 0.6) is 0 Å². The molecule has 0 fully saturated rings. The largest absolute Gasteiger partial charge is 0.309 e. The van der Waals surface area contributed by atoms with Crippen molar-refractivity contribution in [1.82, 2.24) is 19.1 Å². The Balaban J connectivity index is 1.05. The van der Waals surface area contributed by atoms with E-state index in [1.807, 2.05) is 0 Å². The van der Waals surface area contributed by atoms with Crippen molar-refractivity contribution in [2.45, 2.75) is 0 Å². The average Bonchev–Trinajstić information content (AvgIpc) is 4.07. The van der Waals surface area contributed by atoms with E-state index in [0.29, 0.717) is 5.95 Å². The normalized spacial score (nSPS) is 12.0. The maximum absolute atomic E-state index is 5.57. The number of hydrogen-bond acceptors (Lipinski definition) is 3. The summed E-state index contributed by atoms with van der Waals surface area (Å²) < 4.78 is 5.81. The van der Waals surface area contributed by atoms with Crippen molar-refractivity contribution >= 4 is 97.5 Å². The van der Waals surface area contributed by atoms with Crippen LogP contribution in [0.2, 0.25) is 0 Å². The van der Waals surface area contributed by atoms with E-state index in [4.69, 9.17) is 9.97 Å². The molecule has 4 aromatic heterocycles. The molecular formula is C60H36N4S. The van der Waals surface area contributed by atoms with Gasteiger partial charge in [0.1, 0.15) is 0 Å². The highest BCUT2D eigenvalue weighted by atomic mass is 32.1. The van der Waals surface area contributed by atoms with Gasteiger partial charge in [-0.05, 0) is 86.1 Å². The van der Waals surface area contributed by atoms with Crippen LogP contribution in [0.3, 0.4) is 0 Å². The smallest absolute Gasteiger partial charge is 0.235 e. The summed E-state index contributed by atoms with van der Waals surface area (Å²) in [4.78, 5) is 12.3. The van der Waals surface area contributed by atoms with E-state index >= 15 is 0 Å². The Morgan fingerprint density at radius 1 is 0.369 bits per heavy atom. The third kappa shape index (κ3) is 5.43. The van der Waals surface area contributed by atoms with Gasteiger partial charge in [0.2, 0.25) is 5.95 Å². The van der Waals surface area contributed by atoms with Crippen LogP contribution in [-0.4, -0.2) is 19.1 Å². The summed E-state index contributed by atoms with van der Waals surface area (Å²) in [7, 11) is 0. The Hall–Kier alpha value is -8.38. The molecule has 14 rings (SSSR count). The Labute approximate surface area is 377 Å². The third-order valence-electron chi connectivity index (χ3n) is 13.3. The molecule has 0 aliphatic rings. The molecule has 0 aliphatic carbocycles. The minimum Gasteiger partial charge on any atom is -0.309 e. The number of para-hydroxylation sites is 1. The van der Waals surface area contributed by atoms with Gasteiger partial charge < -0.3 is 4.57 Å². The van der Waals surface area contributed by atoms with Crippen LogP contribution in [0.4, 0.5) is 0 Å². The SMILES string of the molecule is c1ccc(-c2nc(-n3c4ccc(-c5cccc6c5c5c7ccccc7ccc5n6-c5ccccc5)cc4c4ccc5ccccc5c43)nc3cc(-c4cccc5ccccc45)sc23)cc1. The molecule has 4 nitrogen and oxygen atoms in total. The number of nitrogens with zero attached hydrogens (tertiary/aromatic N) is 4. The molecule has 0 aliphatic heterocycles. The summed E-state index contributed by atoms with van der Waals surface area (Å²) in [5, 5.41) is 12.1. The van der Waals surface area contributed by atoms with E-state index in [0.717, 1.165) is 59.9 Å². The van der Waals surface area contributed by atoms with Gasteiger partial charge in [-0.1, -0.05) is 176 Å². The lowest BCUT2D eigenvalue weighted by Gasteiger charge is -2.11. The van der Waals surface area contributed by atoms with Gasteiger partial charge in [0.05, 0.1) is 38.0 Å². The van der Waals surface area contributed by atoms with E-state index in [9.17, 15) is 0 Å². The van der Waals surface area contributed by atoms with Crippen LogP contribution < -0.4 is 0 Å². The first kappa shape index (κ1) is 36.1. The van der Waals surface area contributed by atoms with E-state index in [1.54, 1.807) is 11.3 Å². The lowest BCUT2D eigenvalue weighted by molar-refractivity contribution is 1.02. The molecule has 65 heavy (non-hydrogen) atoms. The van der Waals surface area contributed by atoms with Gasteiger partial charge in [0.25, 0.3) is 0 Å². The maximum atomic E-state index is 5.57. The fourth-order valence-electron chi connectivity index (χ4n) is 10.5. The van der Waals surface area contributed by atoms with Crippen LogP contribution in [0, 0.1) is 0 Å². The predicted octanol–water partition coefficient (Wildman–Crippen LogP) is 16.3. The van der Waals surface area contributed by atoms with Crippen molar-refractivity contribution in [3.63, 3.8) is 0 Å². The number of aromatic nitrogens is 4. The third-order valence-corrected chi connectivity index (χ3v) is 14.5. The Kier molecular flexibility index (Phi) is 7.82. The summed E-state index contributed by atoms with van der Waals surface area (Å²) in [5.41, 5.74) is 12.2. The van der Waals surface area contributed by atoms with Gasteiger partial charge in [0, 0.05) is 43.1 Å². The van der Waals surface area contributed by atoms with Crippen molar-refractivity contribution in [3.05, 3.63) is 218 Å². The number of hydrogen-bond donors (Lipinski definition) is 0. The molecule has 0 saturated heterocycles. The molecule has 14 aromatic rings. The van der Waals surface area contributed by atoms with Crippen LogP contribution in [0.15, 0.2) is 218 Å². The van der Waals surface area contributed by atoms with Crippen molar-refractivity contribution in [2.24, 2.45) is 0 Å². The first-order valence-electron chi connectivity index (χ1n) is 22.1. The van der Waals surface area contributed by atoms with E-state index in [-0.39, 0.29) is 0 Å². The zero-order valence-corrected chi connectivity index (χ0v) is 35.8. The average molecular weight is 845 g/mol. The van der Waals surface area contributed by atoms with Crippen molar-refractivity contribution in [2.75, 3.05) is 0 Å². The predicted molar refractivity (Wildman–Crippen MR) is 275 cm³/mol. The van der Waals surface area contributed by atoms with Crippen molar-refractivity contribution in [3.8, 4) is 44.5 Å². The molecule has 5 heteroatoms. The van der Waals surface area contributed by atoms with Crippen molar-refractivity contribution in [1.29, 1.82) is 0 Å². The van der Waals surface area contributed by atoms with E-state index in [2.05, 4.69) is 228 Å². The molecule has 302 valence electrons. The molecule has 10 aromatic carbocycles. The van der Waals surface area contributed by atoms with Gasteiger partial charge in [-0.25, -0.2) is 9.97 Å². The molecule has 0 amide bonds. The second-order valence-electron chi connectivity index (χ2n) is 16.9. The van der Waals surface area contributed by atoms with Crippen LogP contribution >= 0.6 is 11.3 Å². The number of thiophene rings is 1. The van der Waals surface area contributed by atoms with Gasteiger partial charge in [0.15, 0.2) is 0 Å². The number of rotatable bonds is 5. The first-order valence-corrected chi connectivity index (χ1v) is 22.9. The van der Waals surface area contributed by atoms with Gasteiger partial charge in [-0.2, -0.15) is 0 Å². The molecule has 4 heterocycles. The lowest BCUT2D eigenvalue weighted by Crippen LogP contribution is -2.03. The molecule has 0 saturated carbocycles. The first-order chi connectivity index (χ1) is 32.2. The van der Waals surface area contributed by atoms with E-state index < -0.39 is 0 Å². The maximum Gasteiger partial charge on any atom is 0.235 e. The molecule has 0 spiro atoms. The fraction of sp³-hybridized carbons (Fsp3) is 0. The highest BCUT2D eigenvalue weighted by Gasteiger charge is 2.23. The van der Waals surface area contributed by atoms with Crippen LogP contribution in [0.25, 0.3) is 131 Å². The molecular weight excluding hydrogens is 809 g/mol. The Morgan fingerprint density at radius 2 is 1.00 bits per heavy atom. The molecule has 0 N–H and O–H groups in total. The van der Waals surface area contributed by atoms with E-state index in [1.165, 1.54) is 64.7 Å². The zero-order valence-electron chi connectivity index (χ0n) is 35.0. The molecule has 0 atom stereocenters. The Bertz CT molecular complexity index is 4230. The summed E-state index contributed by atoms with van der Waals surface area (Å²) in [6.07, 6.45) is 0. The quantitative estimate of drug-likeness (QED) is 0.173. The topological polar surface area (TPSA) is 35.6 Å². The summed E-state index contributed by atoms with van der Waals surface area (Å²) >= 11 is 1.77. The summed E-state index contributed by atoms with van der Waals surface area (Å²) in [6, 6.07) is 79.1. The molecule has 0 radical (unpaired) electrons. The standard InChI is InChI=1S/C60H36N4S/c1-3-18-40(19-4-1)57-59-50(36-54(65-59)47-27-13-20-37-15-7-10-23-43(37)47)61-60(62-57)64-51-33-31-41(35-49(51)48-32-29-39-17-9-12-25-46(39)58(48)64)45-26-14-28-52-56(45)55-44-24-11-8-16-38(44)30-34-53(55)63(52)42-21-5-2-6-22-42/h1-36H. The second kappa shape index (κ2) is 14.1. The van der Waals surface area contributed by atoms with Gasteiger partial charge in [-0.3, -0.25) is 4.57 Å². The fourth-order valence-corrected chi connectivity index (χ4v) is 11.6. The van der Waals surface area contributed by atoms with Gasteiger partial charge in [-0.15, -0.1) is 11.3 Å². The van der Waals surface area contributed by atoms with Crippen LogP contribution in [0.1, 0.15) is 0 Å². The Morgan fingerprint density at radius 3 is 1.83 bits per heavy atom. The highest BCUT2D eigenvalue weighted by Crippen LogP contribution is 2.45. The number of benzene rings is 10. The second-order valence-corrected chi connectivity index (χ2v) is 17.9. The molecule has 0 bridgehead atoms. The van der Waals surface area contributed by atoms with Crippen LogP contribution in [-0.2, 0) is 0 Å². The summed E-state index contributed by atoms with van der Waals surface area (Å²) in [6.45, 7) is 0. The lowest BCUT2D eigenvalue weighted by atomic mass is 9.95.